The molecular weight excluding hydrogens is 770 g/mol. The van der Waals surface area contributed by atoms with Gasteiger partial charge in [0.25, 0.3) is 0 Å². The molecule has 0 N–H and O–H groups in total. The average molecular weight is 825 g/mol. The van der Waals surface area contributed by atoms with Crippen LogP contribution in [0.5, 0.6) is 0 Å². The van der Waals surface area contributed by atoms with Crippen molar-refractivity contribution in [2.24, 2.45) is 0 Å². The predicted molar refractivity (Wildman–Crippen MR) is 165 cm³/mol. The number of carboxylic acid groups (broad SMARTS) is 4. The third-order valence-electron chi connectivity index (χ3n) is 5.07. The van der Waals surface area contributed by atoms with Gasteiger partial charge in [0.15, 0.2) is 0 Å². The van der Waals surface area contributed by atoms with E-state index in [0.29, 0.717) is 0 Å². The first kappa shape index (κ1) is 55.8. The number of carbonyl (C=O) groups excluding carboxylic acids is 4. The number of rotatable bonds is 16. The number of pyridine rings is 2. The summed E-state index contributed by atoms with van der Waals surface area (Å²) >= 11 is 0. The van der Waals surface area contributed by atoms with Crippen LogP contribution in [0.25, 0.3) is 0 Å². The molecule has 0 spiro atoms. The SMILES string of the molecule is CCCCCC(=O)[O-].CCCCCC(=O)[O-].CCCCCC(=O)[O-].CCCCCC(=O)[O-].[Rh+2].[Rh+2].c1ccncc1.c1ccncc1. The summed E-state index contributed by atoms with van der Waals surface area (Å²) in [6.45, 7) is 8.15. The van der Waals surface area contributed by atoms with Crippen LogP contribution in [0, 0.1) is 0 Å². The van der Waals surface area contributed by atoms with E-state index in [2.05, 4.69) is 9.97 Å². The van der Waals surface area contributed by atoms with E-state index in [1.807, 2.05) is 64.1 Å². The maximum absolute atomic E-state index is 9.76. The zero-order chi connectivity index (χ0) is 34.1. The van der Waals surface area contributed by atoms with Crippen molar-refractivity contribution < 1.29 is 78.6 Å². The fourth-order valence-corrected chi connectivity index (χ4v) is 2.70. The molecule has 2 aromatic heterocycles. The van der Waals surface area contributed by atoms with Crippen LogP contribution in [-0.4, -0.2) is 33.8 Å². The van der Waals surface area contributed by atoms with Gasteiger partial charge in [0, 0.05) is 48.7 Å². The monoisotopic (exact) mass is 824 g/mol. The summed E-state index contributed by atoms with van der Waals surface area (Å²) < 4.78 is 0. The van der Waals surface area contributed by atoms with Gasteiger partial charge in [-0.1, -0.05) is 91.2 Å². The molecule has 0 atom stereocenters. The van der Waals surface area contributed by atoms with Gasteiger partial charge in [0.05, 0.1) is 0 Å². The van der Waals surface area contributed by atoms with Crippen molar-refractivity contribution in [3.05, 3.63) is 61.2 Å². The molecule has 0 unspecified atom stereocenters. The van der Waals surface area contributed by atoms with E-state index in [1.54, 1.807) is 24.8 Å². The van der Waals surface area contributed by atoms with Crippen LogP contribution >= 0.6 is 0 Å². The molecule has 2 radical (unpaired) electrons. The van der Waals surface area contributed by atoms with Crippen LogP contribution in [0.2, 0.25) is 0 Å². The Morgan fingerprint density at radius 3 is 0.674 bits per heavy atom. The van der Waals surface area contributed by atoms with Crippen molar-refractivity contribution in [3.63, 3.8) is 0 Å². The number of nitrogens with zero attached hydrogens (tertiary/aromatic N) is 2. The summed E-state index contributed by atoms with van der Waals surface area (Å²) in [6.07, 6.45) is 19.1. The van der Waals surface area contributed by atoms with Crippen molar-refractivity contribution in [1.82, 2.24) is 9.97 Å². The van der Waals surface area contributed by atoms with Crippen LogP contribution < -0.4 is 20.4 Å². The van der Waals surface area contributed by atoms with E-state index < -0.39 is 23.9 Å². The van der Waals surface area contributed by atoms with Gasteiger partial charge < -0.3 is 39.6 Å². The number of hydrogen-bond acceptors (Lipinski definition) is 10. The van der Waals surface area contributed by atoms with Crippen molar-refractivity contribution in [1.29, 1.82) is 0 Å². The van der Waals surface area contributed by atoms with E-state index >= 15 is 0 Å². The quantitative estimate of drug-likeness (QED) is 0.179. The Morgan fingerprint density at radius 1 is 0.391 bits per heavy atom. The molecule has 0 aliphatic carbocycles. The summed E-state index contributed by atoms with van der Waals surface area (Å²) in [5, 5.41) is 39.1. The van der Waals surface area contributed by atoms with Crippen LogP contribution in [0.1, 0.15) is 130 Å². The molecule has 10 nitrogen and oxygen atoms in total. The number of carbonyl (C=O) groups is 4. The molecule has 12 heteroatoms. The number of hydrogen-bond donors (Lipinski definition) is 0. The summed E-state index contributed by atoms with van der Waals surface area (Å²) in [5.74, 6) is -3.73. The van der Waals surface area contributed by atoms with Gasteiger partial charge in [0.2, 0.25) is 0 Å². The van der Waals surface area contributed by atoms with Crippen LogP contribution in [0.3, 0.4) is 0 Å². The summed E-state index contributed by atoms with van der Waals surface area (Å²) in [6, 6.07) is 11.4. The topological polar surface area (TPSA) is 186 Å². The summed E-state index contributed by atoms with van der Waals surface area (Å²) in [5.41, 5.74) is 0. The normalized spacial score (nSPS) is 8.43. The van der Waals surface area contributed by atoms with Gasteiger partial charge in [-0.2, -0.15) is 0 Å². The van der Waals surface area contributed by atoms with Gasteiger partial charge in [0.1, 0.15) is 0 Å². The van der Waals surface area contributed by atoms with E-state index in [1.165, 1.54) is 0 Å². The van der Waals surface area contributed by atoms with E-state index in [0.717, 1.165) is 77.0 Å². The van der Waals surface area contributed by atoms with Crippen LogP contribution in [0.4, 0.5) is 0 Å². The largest absolute Gasteiger partial charge is 2.00 e. The van der Waals surface area contributed by atoms with Crippen LogP contribution in [-0.2, 0) is 58.1 Å². The number of carboxylic acids is 4. The standard InChI is InChI=1S/4C6H12O2.2C5H5N.2Rh/c4*1-2-3-4-5-6(7)8;2*1-2-4-6-5-3-1;;/h4*2-5H2,1H3,(H,7,8);2*1-5H;;/q;;;;;;2*+2/p-4. The van der Waals surface area contributed by atoms with E-state index in [-0.39, 0.29) is 64.6 Å². The Kier molecular flexibility index (Phi) is 63.1. The maximum Gasteiger partial charge on any atom is 2.00 e. The first-order valence-corrected chi connectivity index (χ1v) is 15.6. The molecule has 0 aliphatic heterocycles. The molecular formula is C34H54N2O8Rh2. The molecule has 2 heterocycles. The third-order valence-corrected chi connectivity index (χ3v) is 5.07. The average Bonchev–Trinajstić information content (AvgIpc) is 3.01. The molecule has 2 rings (SSSR count). The van der Waals surface area contributed by atoms with Gasteiger partial charge in [-0.05, 0) is 75.6 Å². The van der Waals surface area contributed by atoms with E-state index in [4.69, 9.17) is 0 Å². The molecule has 0 saturated carbocycles. The molecule has 2 aromatic rings. The van der Waals surface area contributed by atoms with Crippen LogP contribution in [0.15, 0.2) is 61.2 Å². The Bertz CT molecular complexity index is 700. The second kappa shape index (κ2) is 52.0. The van der Waals surface area contributed by atoms with Crippen molar-refractivity contribution in [3.8, 4) is 0 Å². The Balaban J connectivity index is -0.000000104. The third kappa shape index (κ3) is 78.2. The molecule has 266 valence electrons. The van der Waals surface area contributed by atoms with E-state index in [9.17, 15) is 39.6 Å². The van der Waals surface area contributed by atoms with Gasteiger partial charge >= 0.3 is 39.0 Å². The maximum atomic E-state index is 9.76. The molecule has 46 heavy (non-hydrogen) atoms. The second-order valence-electron chi connectivity index (χ2n) is 9.37. The minimum Gasteiger partial charge on any atom is -0.550 e. The van der Waals surface area contributed by atoms with Crippen molar-refractivity contribution >= 4 is 23.9 Å². The first-order chi connectivity index (χ1) is 21.1. The fraction of sp³-hybridized carbons (Fsp3) is 0.588. The molecule has 0 aromatic carbocycles. The second-order valence-corrected chi connectivity index (χ2v) is 9.37. The van der Waals surface area contributed by atoms with Crippen molar-refractivity contribution in [2.45, 2.75) is 130 Å². The van der Waals surface area contributed by atoms with Gasteiger partial charge in [-0.3, -0.25) is 9.97 Å². The Hall–Kier alpha value is -2.57. The number of unbranched alkanes of at least 4 members (excludes halogenated alkanes) is 8. The van der Waals surface area contributed by atoms with Gasteiger partial charge in [-0.15, -0.1) is 0 Å². The van der Waals surface area contributed by atoms with Gasteiger partial charge in [-0.25, -0.2) is 0 Å². The minimum atomic E-state index is -0.932. The Morgan fingerprint density at radius 2 is 0.587 bits per heavy atom. The molecule has 0 fully saturated rings. The fourth-order valence-electron chi connectivity index (χ4n) is 2.70. The summed E-state index contributed by atoms with van der Waals surface area (Å²) in [4.78, 5) is 46.6. The predicted octanol–water partition coefficient (Wildman–Crippen LogP) is 3.42. The zero-order valence-corrected chi connectivity index (χ0v) is 31.2. The number of aliphatic carboxylic acids is 4. The Labute approximate surface area is 302 Å². The smallest absolute Gasteiger partial charge is 0.550 e. The molecule has 0 amide bonds. The van der Waals surface area contributed by atoms with Crippen molar-refractivity contribution in [2.75, 3.05) is 0 Å². The molecule has 0 bridgehead atoms. The number of aromatic nitrogens is 2. The summed E-state index contributed by atoms with van der Waals surface area (Å²) in [7, 11) is 0. The first-order valence-electron chi connectivity index (χ1n) is 15.6. The molecule has 0 saturated heterocycles. The molecule has 0 aliphatic rings. The zero-order valence-electron chi connectivity index (χ0n) is 27.9. The minimum absolute atomic E-state index is 0.